The topological polar surface area (TPSA) is 91.0 Å². The Labute approximate surface area is 224 Å². The van der Waals surface area contributed by atoms with Crippen LogP contribution in [0.5, 0.6) is 0 Å². The first-order valence-corrected chi connectivity index (χ1v) is 12.8. The van der Waals surface area contributed by atoms with Crippen LogP contribution in [0.25, 0.3) is 11.5 Å². The first kappa shape index (κ1) is 28.8. The average molecular weight is 548 g/mol. The quantitative estimate of drug-likeness (QED) is 0.294. The van der Waals surface area contributed by atoms with Gasteiger partial charge in [-0.05, 0) is 76.3 Å². The van der Waals surface area contributed by atoms with Crippen molar-refractivity contribution in [2.75, 3.05) is 6.61 Å². The summed E-state index contributed by atoms with van der Waals surface area (Å²) in [4.78, 5) is 16.2. The molecule has 0 amide bonds. The largest absolute Gasteiger partial charge is 0.479 e. The van der Waals surface area contributed by atoms with Crippen molar-refractivity contribution in [1.82, 2.24) is 4.98 Å². The van der Waals surface area contributed by atoms with E-state index in [9.17, 15) is 23.1 Å². The molecule has 0 radical (unpaired) electrons. The maximum Gasteiger partial charge on any atom is 0.387 e. The molecule has 0 spiro atoms. The average Bonchev–Trinajstić information content (AvgIpc) is 3.25. The maximum atomic E-state index is 14.6. The number of aryl methyl sites for hydroxylation is 3. The van der Waals surface area contributed by atoms with Crippen LogP contribution in [0.3, 0.4) is 0 Å². The smallest absolute Gasteiger partial charge is 0.387 e. The summed E-state index contributed by atoms with van der Waals surface area (Å²) in [6.45, 7) is 4.98. The van der Waals surface area contributed by atoms with Gasteiger partial charge in [0, 0.05) is 5.56 Å². The molecule has 1 N–H and O–H groups in total. The molecule has 1 unspecified atom stereocenters. The van der Waals surface area contributed by atoms with E-state index in [1.807, 2.05) is 38.1 Å². The zero-order valence-corrected chi connectivity index (χ0v) is 22.1. The van der Waals surface area contributed by atoms with Crippen LogP contribution < -0.4 is 0 Å². The molecule has 4 rings (SSSR count). The molecule has 1 heterocycles. The van der Waals surface area contributed by atoms with Gasteiger partial charge in [-0.3, -0.25) is 4.74 Å². The highest BCUT2D eigenvalue weighted by molar-refractivity contribution is 5.72. The molecule has 1 saturated carbocycles. The molecule has 210 valence electrons. The van der Waals surface area contributed by atoms with Gasteiger partial charge in [-0.25, -0.2) is 14.2 Å². The van der Waals surface area contributed by atoms with E-state index in [-0.39, 0.29) is 12.7 Å². The van der Waals surface area contributed by atoms with Crippen molar-refractivity contribution in [3.05, 3.63) is 76.4 Å². The Balaban J connectivity index is 1.31. The number of alkyl halides is 2. The molecule has 0 saturated heterocycles. The first-order chi connectivity index (χ1) is 18.5. The van der Waals surface area contributed by atoms with Crippen LogP contribution in [-0.4, -0.2) is 41.0 Å². The number of ether oxygens (including phenoxy) is 3. The van der Waals surface area contributed by atoms with E-state index in [4.69, 9.17) is 13.9 Å². The van der Waals surface area contributed by atoms with E-state index >= 15 is 0 Å². The van der Waals surface area contributed by atoms with Crippen molar-refractivity contribution in [2.45, 2.75) is 77.5 Å². The van der Waals surface area contributed by atoms with Gasteiger partial charge in [-0.2, -0.15) is 8.78 Å². The van der Waals surface area contributed by atoms with Crippen LogP contribution in [-0.2, 0) is 31.7 Å². The van der Waals surface area contributed by atoms with Crippen LogP contribution in [0.4, 0.5) is 13.2 Å². The maximum absolute atomic E-state index is 14.6. The Morgan fingerprint density at radius 2 is 1.82 bits per heavy atom. The Morgan fingerprint density at radius 1 is 1.10 bits per heavy atom. The predicted octanol–water partition coefficient (Wildman–Crippen LogP) is 6.47. The number of hydrogen-bond acceptors (Lipinski definition) is 6. The second kappa shape index (κ2) is 12.3. The summed E-state index contributed by atoms with van der Waals surface area (Å²) in [5.74, 6) is -1.63. The summed E-state index contributed by atoms with van der Waals surface area (Å²) >= 11 is 0. The Kier molecular flexibility index (Phi) is 9.09. The molecule has 10 heteroatoms. The van der Waals surface area contributed by atoms with Crippen LogP contribution >= 0.6 is 0 Å². The Bertz CT molecular complexity index is 1290. The minimum absolute atomic E-state index is 0.186. The second-order valence-electron chi connectivity index (χ2n) is 9.89. The standard InChI is InChI=1S/C29H32F3NO6/c1-17-6-4-7-20(12-17)27-33-25(19(3)38-27)15-36-21-8-5-9-22(14-21)37-16-26(28(34)35)39-29(31,32)23-11-10-18(2)13-24(23)30/h4,6-7,10-13,21-22,26H,5,8-9,14-16H2,1-3H3,(H,34,35)/t21-,22+,26?/m0/s1. The summed E-state index contributed by atoms with van der Waals surface area (Å²) in [5.41, 5.74) is 2.07. The zero-order chi connectivity index (χ0) is 28.2. The number of aromatic nitrogens is 1. The number of carboxylic acids is 1. The van der Waals surface area contributed by atoms with Crippen molar-refractivity contribution in [2.24, 2.45) is 0 Å². The number of aliphatic carboxylic acids is 1. The zero-order valence-electron chi connectivity index (χ0n) is 22.1. The number of hydrogen-bond donors (Lipinski definition) is 1. The summed E-state index contributed by atoms with van der Waals surface area (Å²) in [5, 5.41) is 9.44. The number of carbonyl (C=O) groups is 1. The molecule has 0 aliphatic heterocycles. The summed E-state index contributed by atoms with van der Waals surface area (Å²) in [6, 6.07) is 11.0. The van der Waals surface area contributed by atoms with Gasteiger partial charge in [0.05, 0.1) is 31.0 Å². The molecular formula is C29H32F3NO6. The molecule has 3 aromatic rings. The lowest BCUT2D eigenvalue weighted by atomic mass is 9.95. The van der Waals surface area contributed by atoms with E-state index in [1.54, 1.807) is 6.92 Å². The van der Waals surface area contributed by atoms with Crippen molar-refractivity contribution in [3.63, 3.8) is 0 Å². The van der Waals surface area contributed by atoms with Crippen molar-refractivity contribution in [1.29, 1.82) is 0 Å². The second-order valence-corrected chi connectivity index (χ2v) is 9.89. The third-order valence-electron chi connectivity index (χ3n) is 6.68. The molecule has 1 aliphatic rings. The minimum atomic E-state index is -4.14. The van der Waals surface area contributed by atoms with Gasteiger partial charge in [0.25, 0.3) is 0 Å². The Morgan fingerprint density at radius 3 is 2.51 bits per heavy atom. The third kappa shape index (κ3) is 7.46. The number of nitrogens with zero attached hydrogens (tertiary/aromatic N) is 1. The lowest BCUT2D eigenvalue weighted by molar-refractivity contribution is -0.281. The fourth-order valence-electron chi connectivity index (χ4n) is 4.54. The van der Waals surface area contributed by atoms with E-state index in [2.05, 4.69) is 9.72 Å². The van der Waals surface area contributed by atoms with Crippen molar-refractivity contribution >= 4 is 5.97 Å². The fraction of sp³-hybridized carbons (Fsp3) is 0.448. The highest BCUT2D eigenvalue weighted by Crippen LogP contribution is 2.34. The van der Waals surface area contributed by atoms with E-state index in [0.717, 1.165) is 36.1 Å². The number of carboxylic acid groups (broad SMARTS) is 1. The predicted molar refractivity (Wildman–Crippen MR) is 136 cm³/mol. The molecule has 2 aromatic carbocycles. The highest BCUT2D eigenvalue weighted by atomic mass is 19.3. The first-order valence-electron chi connectivity index (χ1n) is 12.8. The minimum Gasteiger partial charge on any atom is -0.479 e. The van der Waals surface area contributed by atoms with Gasteiger partial charge in [0.1, 0.15) is 17.3 Å². The molecule has 7 nitrogen and oxygen atoms in total. The van der Waals surface area contributed by atoms with Crippen LogP contribution in [0.15, 0.2) is 46.9 Å². The molecule has 39 heavy (non-hydrogen) atoms. The lowest BCUT2D eigenvalue weighted by Crippen LogP contribution is -2.38. The van der Waals surface area contributed by atoms with E-state index < -0.39 is 42.3 Å². The molecule has 1 aliphatic carbocycles. The number of rotatable bonds is 11. The summed E-state index contributed by atoms with van der Waals surface area (Å²) in [6.07, 6.45) is -4.12. The molecule has 1 aromatic heterocycles. The summed E-state index contributed by atoms with van der Waals surface area (Å²) < 4.78 is 65.4. The van der Waals surface area contributed by atoms with Crippen LogP contribution in [0.2, 0.25) is 0 Å². The number of oxazole rings is 1. The number of benzene rings is 2. The van der Waals surface area contributed by atoms with Gasteiger partial charge in [0.15, 0.2) is 6.10 Å². The lowest BCUT2D eigenvalue weighted by Gasteiger charge is -2.30. The highest BCUT2D eigenvalue weighted by Gasteiger charge is 2.41. The van der Waals surface area contributed by atoms with Gasteiger partial charge in [0.2, 0.25) is 5.89 Å². The van der Waals surface area contributed by atoms with Gasteiger partial charge in [-0.15, -0.1) is 0 Å². The molecule has 1 fully saturated rings. The number of halogens is 3. The fourth-order valence-corrected chi connectivity index (χ4v) is 4.54. The van der Waals surface area contributed by atoms with Gasteiger partial charge in [-0.1, -0.05) is 23.8 Å². The van der Waals surface area contributed by atoms with Crippen LogP contribution in [0, 0.1) is 26.6 Å². The van der Waals surface area contributed by atoms with Crippen LogP contribution in [0.1, 0.15) is 53.8 Å². The third-order valence-corrected chi connectivity index (χ3v) is 6.68. The summed E-state index contributed by atoms with van der Waals surface area (Å²) in [7, 11) is 0. The van der Waals surface area contributed by atoms with Gasteiger partial charge >= 0.3 is 12.1 Å². The Hall–Kier alpha value is -3.21. The van der Waals surface area contributed by atoms with E-state index in [1.165, 1.54) is 6.07 Å². The normalized spacial score (nSPS) is 18.7. The molecule has 3 atom stereocenters. The monoisotopic (exact) mass is 547 g/mol. The van der Waals surface area contributed by atoms with E-state index in [0.29, 0.717) is 35.7 Å². The van der Waals surface area contributed by atoms with Crippen molar-refractivity contribution in [3.8, 4) is 11.5 Å². The molecular weight excluding hydrogens is 515 g/mol. The van der Waals surface area contributed by atoms with Gasteiger partial charge < -0.3 is 19.0 Å². The molecule has 0 bridgehead atoms. The van der Waals surface area contributed by atoms with Crippen molar-refractivity contribution < 1.29 is 41.7 Å². The SMILES string of the molecule is Cc1cccc(-c2nc(CO[C@H]3CCC[C@@H](OCC(OC(F)(F)c4ccc(C)cc4F)C(=O)O)C3)c(C)o2)c1.